The molecule has 1 heterocycles. The van der Waals surface area contributed by atoms with E-state index in [2.05, 4.69) is 21.8 Å². The Kier molecular flexibility index (Phi) is 3.48. The molecule has 1 saturated carbocycles. The third-order valence-electron chi connectivity index (χ3n) is 3.12. The van der Waals surface area contributed by atoms with Gasteiger partial charge in [0.15, 0.2) is 0 Å². The molecule has 0 unspecified atom stereocenters. The molecule has 78 valence electrons. The summed E-state index contributed by atoms with van der Waals surface area (Å²) in [4.78, 5) is 0. The minimum absolute atomic E-state index is 0.624. The van der Waals surface area contributed by atoms with Crippen LogP contribution >= 0.6 is 11.5 Å². The highest BCUT2D eigenvalue weighted by atomic mass is 32.1. The van der Waals surface area contributed by atoms with Gasteiger partial charge in [0, 0.05) is 18.0 Å². The largest absolute Gasteiger partial charge is 0.308 e. The van der Waals surface area contributed by atoms with Gasteiger partial charge in [-0.2, -0.15) is 0 Å². The van der Waals surface area contributed by atoms with Crippen molar-refractivity contribution in [3.8, 4) is 0 Å². The highest BCUT2D eigenvalue weighted by Crippen LogP contribution is 2.27. The van der Waals surface area contributed by atoms with E-state index in [1.54, 1.807) is 0 Å². The Morgan fingerprint density at radius 2 is 2.36 bits per heavy atom. The topological polar surface area (TPSA) is 37.8 Å². The van der Waals surface area contributed by atoms with Crippen molar-refractivity contribution in [3.05, 3.63) is 11.1 Å². The molecule has 0 bridgehead atoms. The maximum atomic E-state index is 4.02. The molecule has 0 saturated heterocycles. The summed E-state index contributed by atoms with van der Waals surface area (Å²) in [7, 11) is 0. The fraction of sp³-hybridized carbons (Fsp3) is 0.800. The van der Waals surface area contributed by atoms with E-state index >= 15 is 0 Å². The molecule has 1 aromatic rings. The van der Waals surface area contributed by atoms with E-state index < -0.39 is 0 Å². The summed E-state index contributed by atoms with van der Waals surface area (Å²) in [5.74, 6) is 0.876. The molecule has 3 nitrogen and oxygen atoms in total. The first-order valence-corrected chi connectivity index (χ1v) is 6.19. The molecule has 1 atom stereocenters. The van der Waals surface area contributed by atoms with Crippen LogP contribution in [0.5, 0.6) is 0 Å². The normalized spacial score (nSPS) is 20.1. The Bertz CT molecular complexity index is 254. The average Bonchev–Trinajstić information content (AvgIpc) is 2.87. The first-order valence-electron chi connectivity index (χ1n) is 5.35. The van der Waals surface area contributed by atoms with E-state index in [1.807, 2.05) is 5.38 Å². The van der Waals surface area contributed by atoms with Gasteiger partial charge in [0.25, 0.3) is 0 Å². The molecule has 0 spiro atoms. The monoisotopic (exact) mass is 211 g/mol. The second kappa shape index (κ2) is 4.84. The van der Waals surface area contributed by atoms with Gasteiger partial charge in [-0.25, -0.2) is 0 Å². The van der Waals surface area contributed by atoms with Crippen LogP contribution in [0, 0.1) is 5.92 Å². The Hall–Kier alpha value is -0.480. The number of nitrogens with zero attached hydrogens (tertiary/aromatic N) is 2. The van der Waals surface area contributed by atoms with Crippen molar-refractivity contribution >= 4 is 11.5 Å². The lowest BCUT2D eigenvalue weighted by atomic mass is 10.00. The van der Waals surface area contributed by atoms with E-state index in [0.717, 1.165) is 18.2 Å². The molecular weight excluding hydrogens is 194 g/mol. The third-order valence-corrected chi connectivity index (χ3v) is 3.67. The number of nitrogens with one attached hydrogen (secondary N) is 1. The molecule has 0 amide bonds. The lowest BCUT2D eigenvalue weighted by Gasteiger charge is -2.19. The predicted molar refractivity (Wildman–Crippen MR) is 58.2 cm³/mol. The van der Waals surface area contributed by atoms with E-state index in [4.69, 9.17) is 0 Å². The highest BCUT2D eigenvalue weighted by Gasteiger charge is 2.20. The lowest BCUT2D eigenvalue weighted by Crippen LogP contribution is -2.31. The summed E-state index contributed by atoms with van der Waals surface area (Å²) in [6.07, 6.45) is 5.61. The van der Waals surface area contributed by atoms with Gasteiger partial charge in [0.1, 0.15) is 0 Å². The Balaban J connectivity index is 1.74. The first-order chi connectivity index (χ1) is 6.86. The predicted octanol–water partition coefficient (Wildman–Crippen LogP) is 2.21. The maximum Gasteiger partial charge on any atom is 0.0893 e. The maximum absolute atomic E-state index is 4.02. The van der Waals surface area contributed by atoms with Crippen LogP contribution in [0.1, 0.15) is 38.3 Å². The summed E-state index contributed by atoms with van der Waals surface area (Å²) in [5, 5.41) is 9.56. The van der Waals surface area contributed by atoms with Crippen molar-refractivity contribution in [2.24, 2.45) is 5.92 Å². The third kappa shape index (κ3) is 2.51. The molecule has 0 aliphatic heterocycles. The van der Waals surface area contributed by atoms with Crippen molar-refractivity contribution < 1.29 is 0 Å². The van der Waals surface area contributed by atoms with Crippen LogP contribution in [-0.2, 0) is 6.54 Å². The van der Waals surface area contributed by atoms with Gasteiger partial charge in [-0.3, -0.25) is 0 Å². The molecule has 1 aliphatic carbocycles. The standard InChI is InChI=1S/C10H17N3S/c1-8(9-4-2-3-5-9)11-6-10-7-14-13-12-10/h7-9,11H,2-6H2,1H3/t8-/m0/s1. The summed E-state index contributed by atoms with van der Waals surface area (Å²) >= 11 is 1.42. The Morgan fingerprint density at radius 3 is 3.00 bits per heavy atom. The van der Waals surface area contributed by atoms with Gasteiger partial charge in [-0.05, 0) is 37.2 Å². The van der Waals surface area contributed by atoms with Crippen molar-refractivity contribution in [3.63, 3.8) is 0 Å². The Morgan fingerprint density at radius 1 is 1.57 bits per heavy atom. The molecular formula is C10H17N3S. The molecule has 1 aliphatic rings. The minimum atomic E-state index is 0.624. The minimum Gasteiger partial charge on any atom is -0.308 e. The van der Waals surface area contributed by atoms with Crippen molar-refractivity contribution in [2.45, 2.75) is 45.2 Å². The number of hydrogen-bond acceptors (Lipinski definition) is 4. The first kappa shape index (κ1) is 10.1. The van der Waals surface area contributed by atoms with Gasteiger partial charge >= 0.3 is 0 Å². The molecule has 1 N–H and O–H groups in total. The van der Waals surface area contributed by atoms with Crippen molar-refractivity contribution in [2.75, 3.05) is 0 Å². The number of hydrogen-bond donors (Lipinski definition) is 1. The number of rotatable bonds is 4. The van der Waals surface area contributed by atoms with Gasteiger partial charge in [0.2, 0.25) is 0 Å². The van der Waals surface area contributed by atoms with Crippen LogP contribution in [0.15, 0.2) is 5.38 Å². The molecule has 0 aromatic carbocycles. The van der Waals surface area contributed by atoms with Crippen LogP contribution in [0.4, 0.5) is 0 Å². The van der Waals surface area contributed by atoms with Gasteiger partial charge < -0.3 is 5.32 Å². The molecule has 4 heteroatoms. The summed E-state index contributed by atoms with van der Waals surface area (Å²) in [6, 6.07) is 0.624. The van der Waals surface area contributed by atoms with E-state index in [0.29, 0.717) is 6.04 Å². The Labute approximate surface area is 89.1 Å². The van der Waals surface area contributed by atoms with Crippen LogP contribution < -0.4 is 5.32 Å². The molecule has 0 radical (unpaired) electrons. The van der Waals surface area contributed by atoms with E-state index in [1.165, 1.54) is 37.2 Å². The number of aromatic nitrogens is 2. The molecule has 1 aromatic heterocycles. The summed E-state index contributed by atoms with van der Waals surface area (Å²) < 4.78 is 3.85. The molecule has 14 heavy (non-hydrogen) atoms. The SMILES string of the molecule is C[C@H](NCc1csnn1)C1CCCC1. The highest BCUT2D eigenvalue weighted by molar-refractivity contribution is 7.03. The van der Waals surface area contributed by atoms with Crippen LogP contribution in [0.2, 0.25) is 0 Å². The fourth-order valence-electron chi connectivity index (χ4n) is 2.15. The summed E-state index contributed by atoms with van der Waals surface area (Å²) in [5.41, 5.74) is 1.07. The van der Waals surface area contributed by atoms with Crippen LogP contribution in [0.3, 0.4) is 0 Å². The smallest absolute Gasteiger partial charge is 0.0893 e. The zero-order valence-corrected chi connectivity index (χ0v) is 9.39. The van der Waals surface area contributed by atoms with Crippen molar-refractivity contribution in [1.29, 1.82) is 0 Å². The molecule has 2 rings (SSSR count). The zero-order chi connectivity index (χ0) is 9.80. The van der Waals surface area contributed by atoms with E-state index in [-0.39, 0.29) is 0 Å². The zero-order valence-electron chi connectivity index (χ0n) is 8.57. The summed E-state index contributed by atoms with van der Waals surface area (Å²) in [6.45, 7) is 3.16. The van der Waals surface area contributed by atoms with E-state index in [9.17, 15) is 0 Å². The van der Waals surface area contributed by atoms with Crippen LogP contribution in [0.25, 0.3) is 0 Å². The fourth-order valence-corrected chi connectivity index (χ4v) is 2.60. The van der Waals surface area contributed by atoms with Crippen molar-refractivity contribution in [1.82, 2.24) is 14.9 Å². The second-order valence-electron chi connectivity index (χ2n) is 4.11. The second-order valence-corrected chi connectivity index (χ2v) is 4.72. The van der Waals surface area contributed by atoms with Gasteiger partial charge in [-0.1, -0.05) is 17.3 Å². The average molecular weight is 211 g/mol. The lowest BCUT2D eigenvalue weighted by molar-refractivity contribution is 0.379. The van der Waals surface area contributed by atoms with Crippen LogP contribution in [-0.4, -0.2) is 15.6 Å². The quantitative estimate of drug-likeness (QED) is 0.829. The van der Waals surface area contributed by atoms with Gasteiger partial charge in [0.05, 0.1) is 5.69 Å². The van der Waals surface area contributed by atoms with Gasteiger partial charge in [-0.15, -0.1) is 5.10 Å². The molecule has 1 fully saturated rings.